The highest BCUT2D eigenvalue weighted by atomic mass is 16.6. The fraction of sp³-hybridized carbons (Fsp3) is 0.450. The van der Waals surface area contributed by atoms with Crippen LogP contribution >= 0.6 is 0 Å². The third kappa shape index (κ3) is 3.85. The highest BCUT2D eigenvalue weighted by molar-refractivity contribution is 5.99. The number of aryl methyl sites for hydroxylation is 1. The third-order valence-electron chi connectivity index (χ3n) is 5.06. The number of aromatic nitrogens is 1. The smallest absolute Gasteiger partial charge is 0.265 e. The summed E-state index contributed by atoms with van der Waals surface area (Å²) in [5.41, 5.74) is 3.61. The fourth-order valence-electron chi connectivity index (χ4n) is 3.74. The standard InChI is InChI=1S/C20H25N3O3/c1-15-13-19(20(24)14-21-11-5-6-12-21)16(2)22(15)17-7-3-4-8-18(10-9-17)23(25)26/h7-10,13H,3-6,11-12,14H2,1-2H3/b10-9-,17-7+,18-8-. The molecule has 0 atom stereocenters. The lowest BCUT2D eigenvalue weighted by atomic mass is 10.1. The molecule has 138 valence electrons. The first-order chi connectivity index (χ1) is 12.5. The maximum atomic E-state index is 12.7. The van der Waals surface area contributed by atoms with E-state index in [0.717, 1.165) is 55.0 Å². The van der Waals surface area contributed by atoms with E-state index in [2.05, 4.69) is 11.0 Å². The zero-order valence-electron chi connectivity index (χ0n) is 15.4. The molecule has 0 bridgehead atoms. The van der Waals surface area contributed by atoms with Crippen molar-refractivity contribution in [3.05, 3.63) is 63.1 Å². The largest absolute Gasteiger partial charge is 0.318 e. The van der Waals surface area contributed by atoms with Crippen molar-refractivity contribution in [1.29, 1.82) is 0 Å². The van der Waals surface area contributed by atoms with Gasteiger partial charge in [0, 0.05) is 28.7 Å². The predicted molar refractivity (Wildman–Crippen MR) is 102 cm³/mol. The van der Waals surface area contributed by atoms with Crippen LogP contribution in [0.5, 0.6) is 0 Å². The minimum absolute atomic E-state index is 0.114. The molecule has 3 rings (SSSR count). The molecular weight excluding hydrogens is 330 g/mol. The van der Waals surface area contributed by atoms with Gasteiger partial charge >= 0.3 is 0 Å². The van der Waals surface area contributed by atoms with Crippen molar-refractivity contribution in [3.63, 3.8) is 0 Å². The quantitative estimate of drug-likeness (QED) is 0.458. The van der Waals surface area contributed by atoms with Gasteiger partial charge in [0.2, 0.25) is 0 Å². The first-order valence-corrected chi connectivity index (χ1v) is 9.15. The maximum absolute atomic E-state index is 12.7. The van der Waals surface area contributed by atoms with Gasteiger partial charge in [-0.3, -0.25) is 19.8 Å². The van der Waals surface area contributed by atoms with Crippen LogP contribution in [0.4, 0.5) is 0 Å². The van der Waals surface area contributed by atoms with Crippen LogP contribution in [-0.4, -0.2) is 39.8 Å². The summed E-state index contributed by atoms with van der Waals surface area (Å²) >= 11 is 0. The molecule has 0 spiro atoms. The summed E-state index contributed by atoms with van der Waals surface area (Å²) in [7, 11) is 0. The van der Waals surface area contributed by atoms with Crippen LogP contribution in [0.25, 0.3) is 5.70 Å². The van der Waals surface area contributed by atoms with E-state index in [1.165, 1.54) is 6.08 Å². The van der Waals surface area contributed by atoms with Crippen molar-refractivity contribution in [3.8, 4) is 0 Å². The minimum Gasteiger partial charge on any atom is -0.318 e. The van der Waals surface area contributed by atoms with Crippen molar-refractivity contribution in [1.82, 2.24) is 9.47 Å². The topological polar surface area (TPSA) is 68.4 Å². The number of nitrogens with zero attached hydrogens (tertiary/aromatic N) is 3. The molecule has 1 saturated heterocycles. The van der Waals surface area contributed by atoms with Gasteiger partial charge < -0.3 is 4.57 Å². The SMILES string of the molecule is Cc1cc(C(=O)CN2CCCC2)c(C)n1C1=C/CC/C=C([N+](=O)[O-])/C=C\1. The zero-order chi connectivity index (χ0) is 18.7. The van der Waals surface area contributed by atoms with E-state index in [4.69, 9.17) is 0 Å². The van der Waals surface area contributed by atoms with E-state index in [0.29, 0.717) is 13.0 Å². The van der Waals surface area contributed by atoms with E-state index < -0.39 is 0 Å². The molecule has 1 fully saturated rings. The molecule has 1 aromatic heterocycles. The normalized spacial score (nSPS) is 23.5. The predicted octanol–water partition coefficient (Wildman–Crippen LogP) is 3.73. The molecule has 2 aliphatic rings. The van der Waals surface area contributed by atoms with Gasteiger partial charge in [0.25, 0.3) is 5.70 Å². The molecule has 0 unspecified atom stereocenters. The summed E-state index contributed by atoms with van der Waals surface area (Å²) in [5, 5.41) is 11.1. The summed E-state index contributed by atoms with van der Waals surface area (Å²) in [6.45, 7) is 6.37. The van der Waals surface area contributed by atoms with E-state index in [9.17, 15) is 14.9 Å². The Balaban J connectivity index is 1.87. The lowest BCUT2D eigenvalue weighted by Crippen LogP contribution is -2.27. The molecule has 6 nitrogen and oxygen atoms in total. The average molecular weight is 355 g/mol. The first kappa shape index (κ1) is 18.3. The van der Waals surface area contributed by atoms with Crippen LogP contribution in [0.2, 0.25) is 0 Å². The minimum atomic E-state index is -0.361. The number of allylic oxidation sites excluding steroid dienone is 5. The van der Waals surface area contributed by atoms with Crippen molar-refractivity contribution in [2.45, 2.75) is 39.5 Å². The number of ketones is 1. The number of hydrogen-bond donors (Lipinski definition) is 0. The van der Waals surface area contributed by atoms with E-state index >= 15 is 0 Å². The number of nitro groups is 1. The van der Waals surface area contributed by atoms with Crippen LogP contribution in [-0.2, 0) is 0 Å². The van der Waals surface area contributed by atoms with Gasteiger partial charge in [-0.15, -0.1) is 0 Å². The molecule has 6 heteroatoms. The average Bonchev–Trinajstić information content (AvgIpc) is 3.16. The molecular formula is C20H25N3O3. The lowest BCUT2D eigenvalue weighted by Gasteiger charge is -2.14. The van der Waals surface area contributed by atoms with Gasteiger partial charge in [-0.05, 0) is 70.8 Å². The molecule has 0 N–H and O–H groups in total. The summed E-state index contributed by atoms with van der Waals surface area (Å²) in [4.78, 5) is 25.7. The second-order valence-corrected chi connectivity index (χ2v) is 6.95. The molecule has 26 heavy (non-hydrogen) atoms. The molecule has 2 heterocycles. The summed E-state index contributed by atoms with van der Waals surface area (Å²) in [6, 6.07) is 1.94. The van der Waals surface area contributed by atoms with Crippen molar-refractivity contribution >= 4 is 11.5 Å². The Bertz CT molecular complexity index is 809. The van der Waals surface area contributed by atoms with Crippen molar-refractivity contribution in [2.24, 2.45) is 0 Å². The van der Waals surface area contributed by atoms with Gasteiger partial charge in [0.15, 0.2) is 5.78 Å². The Morgan fingerprint density at radius 1 is 1.15 bits per heavy atom. The monoisotopic (exact) mass is 355 g/mol. The van der Waals surface area contributed by atoms with Crippen LogP contribution in [0.1, 0.15) is 47.4 Å². The molecule has 1 aliphatic heterocycles. The molecule has 1 aliphatic carbocycles. The summed E-state index contributed by atoms with van der Waals surface area (Å²) in [5.74, 6) is 0.146. The van der Waals surface area contributed by atoms with E-state index in [-0.39, 0.29) is 16.4 Å². The number of carbonyl (C=O) groups is 1. The fourth-order valence-corrected chi connectivity index (χ4v) is 3.74. The van der Waals surface area contributed by atoms with Crippen molar-refractivity contribution < 1.29 is 9.72 Å². The van der Waals surface area contributed by atoms with Gasteiger partial charge in [0.05, 0.1) is 11.5 Å². The Morgan fingerprint density at radius 3 is 2.54 bits per heavy atom. The molecule has 0 aromatic carbocycles. The Kier molecular flexibility index (Phi) is 5.52. The highest BCUT2D eigenvalue weighted by Gasteiger charge is 2.21. The number of hydrogen-bond acceptors (Lipinski definition) is 4. The van der Waals surface area contributed by atoms with Gasteiger partial charge in [-0.25, -0.2) is 0 Å². The second kappa shape index (κ2) is 7.83. The van der Waals surface area contributed by atoms with Crippen LogP contribution in [0, 0.1) is 24.0 Å². The number of Topliss-reactive ketones (excluding diaryl/α,β-unsaturated/α-hetero) is 1. The number of carbonyl (C=O) groups excluding carboxylic acids is 1. The molecule has 0 amide bonds. The van der Waals surface area contributed by atoms with Crippen LogP contribution in [0.3, 0.4) is 0 Å². The molecule has 0 saturated carbocycles. The van der Waals surface area contributed by atoms with Gasteiger partial charge in [0.1, 0.15) is 0 Å². The van der Waals surface area contributed by atoms with Crippen molar-refractivity contribution in [2.75, 3.05) is 19.6 Å². The highest BCUT2D eigenvalue weighted by Crippen LogP contribution is 2.24. The van der Waals surface area contributed by atoms with E-state index in [1.807, 2.05) is 24.5 Å². The summed E-state index contributed by atoms with van der Waals surface area (Å²) in [6.07, 6.45) is 10.7. The number of rotatable bonds is 5. The second-order valence-electron chi connectivity index (χ2n) is 6.95. The maximum Gasteiger partial charge on any atom is 0.265 e. The molecule has 0 radical (unpaired) electrons. The Labute approximate surface area is 153 Å². The Morgan fingerprint density at radius 2 is 1.85 bits per heavy atom. The third-order valence-corrected chi connectivity index (χ3v) is 5.06. The van der Waals surface area contributed by atoms with Crippen LogP contribution in [0.15, 0.2) is 36.1 Å². The zero-order valence-corrected chi connectivity index (χ0v) is 15.4. The lowest BCUT2D eigenvalue weighted by molar-refractivity contribution is -0.419. The molecule has 1 aromatic rings. The first-order valence-electron chi connectivity index (χ1n) is 9.15. The Hall–Kier alpha value is -2.47. The van der Waals surface area contributed by atoms with Crippen LogP contribution < -0.4 is 0 Å². The van der Waals surface area contributed by atoms with Gasteiger partial charge in [-0.1, -0.05) is 6.08 Å². The summed E-state index contributed by atoms with van der Waals surface area (Å²) < 4.78 is 2.02. The van der Waals surface area contributed by atoms with E-state index in [1.54, 1.807) is 12.2 Å². The van der Waals surface area contributed by atoms with Gasteiger partial charge in [-0.2, -0.15) is 0 Å². The number of likely N-dealkylation sites (tertiary alicyclic amines) is 1.